The number of alkyl halides is 3. The molecule has 0 bridgehead atoms. The summed E-state index contributed by atoms with van der Waals surface area (Å²) in [6.45, 7) is 4.07. The number of fused-ring (bicyclic) bond motifs is 1. The summed E-state index contributed by atoms with van der Waals surface area (Å²) in [7, 11) is 0. The predicted octanol–water partition coefficient (Wildman–Crippen LogP) is 7.54. The van der Waals surface area contributed by atoms with Gasteiger partial charge in [0.05, 0.1) is 16.6 Å². The monoisotopic (exact) mass is 558 g/mol. The quantitative estimate of drug-likeness (QED) is 0.177. The Balaban J connectivity index is 1.50. The van der Waals surface area contributed by atoms with E-state index >= 15 is 0 Å². The number of benzene rings is 3. The maximum Gasteiger partial charge on any atom is 0.416 e. The summed E-state index contributed by atoms with van der Waals surface area (Å²) in [6, 6.07) is 19.6. The Morgan fingerprint density at radius 3 is 2.46 bits per heavy atom. The summed E-state index contributed by atoms with van der Waals surface area (Å²) in [5.41, 5.74) is 7.45. The van der Waals surface area contributed by atoms with Crippen LogP contribution in [0.3, 0.4) is 0 Å². The van der Waals surface area contributed by atoms with E-state index in [2.05, 4.69) is 25.6 Å². The van der Waals surface area contributed by atoms with Crippen LogP contribution in [-0.4, -0.2) is 20.9 Å². The molecular weight excluding hydrogens is 533 g/mol. The van der Waals surface area contributed by atoms with E-state index in [0.717, 1.165) is 17.8 Å². The predicted molar refractivity (Wildman–Crippen MR) is 151 cm³/mol. The Bertz CT molecular complexity index is 1720. The number of aromatic nitrogens is 3. The molecule has 0 aliphatic heterocycles. The molecule has 5 aromatic rings. The molecule has 0 radical (unpaired) electrons. The second-order valence-electron chi connectivity index (χ2n) is 9.52. The standard InChI is InChI=1S/C30H25F3N6O2/c1-17(2)24-12-11-23-27(38-24)35-16-36-28(23)39-25-15-21(8-13-26(25)41-22-9-6-20(34)7-10-22)37-29(40)18-4-3-5-19(14-18)30(31,32)33/h3-17H,34H2,1-2H3,(H,37,40)(H,35,36,38,39). The Labute approximate surface area is 233 Å². The van der Waals surface area contributed by atoms with Crippen molar-refractivity contribution in [2.75, 3.05) is 16.4 Å². The van der Waals surface area contributed by atoms with Gasteiger partial charge in [0, 0.05) is 22.6 Å². The van der Waals surface area contributed by atoms with Crippen molar-refractivity contribution < 1.29 is 22.7 Å². The highest BCUT2D eigenvalue weighted by molar-refractivity contribution is 6.04. The van der Waals surface area contributed by atoms with Crippen LogP contribution >= 0.6 is 0 Å². The molecule has 0 saturated carbocycles. The van der Waals surface area contributed by atoms with Gasteiger partial charge in [-0.2, -0.15) is 13.2 Å². The van der Waals surface area contributed by atoms with Crippen LogP contribution in [-0.2, 0) is 6.18 Å². The van der Waals surface area contributed by atoms with Gasteiger partial charge < -0.3 is 21.1 Å². The molecule has 41 heavy (non-hydrogen) atoms. The molecule has 0 fully saturated rings. The number of pyridine rings is 1. The van der Waals surface area contributed by atoms with Gasteiger partial charge in [-0.25, -0.2) is 15.0 Å². The number of rotatable bonds is 7. The minimum Gasteiger partial charge on any atom is -0.455 e. The molecule has 0 unspecified atom stereocenters. The lowest BCUT2D eigenvalue weighted by atomic mass is 10.1. The second-order valence-corrected chi connectivity index (χ2v) is 9.52. The van der Waals surface area contributed by atoms with Gasteiger partial charge in [0.15, 0.2) is 11.4 Å². The fourth-order valence-electron chi connectivity index (χ4n) is 4.00. The van der Waals surface area contributed by atoms with Crippen molar-refractivity contribution in [3.8, 4) is 11.5 Å². The molecule has 11 heteroatoms. The van der Waals surface area contributed by atoms with Crippen molar-refractivity contribution in [2.45, 2.75) is 25.9 Å². The van der Waals surface area contributed by atoms with E-state index in [4.69, 9.17) is 10.5 Å². The number of hydrogen-bond acceptors (Lipinski definition) is 7. The Hall–Kier alpha value is -5.19. The molecule has 2 heterocycles. The second kappa shape index (κ2) is 11.1. The van der Waals surface area contributed by atoms with Gasteiger partial charge in [0.2, 0.25) is 0 Å². The molecule has 3 aromatic carbocycles. The first-order valence-electron chi connectivity index (χ1n) is 12.6. The molecule has 0 aliphatic carbocycles. The van der Waals surface area contributed by atoms with Gasteiger partial charge in [-0.05, 0) is 78.7 Å². The summed E-state index contributed by atoms with van der Waals surface area (Å²) in [5.74, 6) is 0.862. The van der Waals surface area contributed by atoms with Crippen LogP contribution in [0.4, 0.5) is 36.1 Å². The minimum absolute atomic E-state index is 0.134. The SMILES string of the molecule is CC(C)c1ccc2c(Nc3cc(NC(=O)c4cccc(C(F)(F)F)c4)ccc3Oc3ccc(N)cc3)ncnc2n1. The number of anilines is 4. The van der Waals surface area contributed by atoms with Crippen LogP contribution in [0.25, 0.3) is 11.0 Å². The summed E-state index contributed by atoms with van der Waals surface area (Å²) < 4.78 is 45.6. The average Bonchev–Trinajstić information content (AvgIpc) is 2.95. The number of amides is 1. The Kier molecular flexibility index (Phi) is 7.43. The molecule has 8 nitrogen and oxygen atoms in total. The van der Waals surface area contributed by atoms with E-state index in [1.54, 1.807) is 42.5 Å². The van der Waals surface area contributed by atoms with Crippen LogP contribution in [0.5, 0.6) is 11.5 Å². The third kappa shape index (κ3) is 6.35. The zero-order valence-electron chi connectivity index (χ0n) is 22.0. The van der Waals surface area contributed by atoms with Crippen molar-refractivity contribution in [2.24, 2.45) is 0 Å². The van der Waals surface area contributed by atoms with Gasteiger partial charge in [-0.15, -0.1) is 0 Å². The third-order valence-electron chi connectivity index (χ3n) is 6.16. The highest BCUT2D eigenvalue weighted by atomic mass is 19.4. The maximum absolute atomic E-state index is 13.2. The van der Waals surface area contributed by atoms with Crippen molar-refractivity contribution >= 4 is 39.8 Å². The lowest BCUT2D eigenvalue weighted by Crippen LogP contribution is -2.14. The molecule has 0 spiro atoms. The van der Waals surface area contributed by atoms with Gasteiger partial charge in [0.1, 0.15) is 17.9 Å². The van der Waals surface area contributed by atoms with Crippen LogP contribution < -0.4 is 21.1 Å². The van der Waals surface area contributed by atoms with Crippen LogP contribution in [0, 0.1) is 0 Å². The lowest BCUT2D eigenvalue weighted by molar-refractivity contribution is -0.137. The molecule has 0 aliphatic rings. The molecule has 4 N–H and O–H groups in total. The molecule has 5 rings (SSSR count). The van der Waals surface area contributed by atoms with Crippen molar-refractivity contribution in [1.82, 2.24) is 15.0 Å². The van der Waals surface area contributed by atoms with E-state index in [9.17, 15) is 18.0 Å². The summed E-state index contributed by atoms with van der Waals surface area (Å²) in [4.78, 5) is 26.2. The number of nitrogen functional groups attached to an aromatic ring is 1. The molecule has 2 aromatic heterocycles. The normalized spacial score (nSPS) is 11.5. The highest BCUT2D eigenvalue weighted by Crippen LogP contribution is 2.36. The van der Waals surface area contributed by atoms with E-state index < -0.39 is 17.6 Å². The van der Waals surface area contributed by atoms with E-state index in [-0.39, 0.29) is 11.5 Å². The number of nitrogens with two attached hydrogens (primary N) is 1. The van der Waals surface area contributed by atoms with Gasteiger partial charge >= 0.3 is 6.18 Å². The number of carbonyl (C=O) groups is 1. The zero-order valence-corrected chi connectivity index (χ0v) is 22.0. The van der Waals surface area contributed by atoms with Crippen LogP contribution in [0.2, 0.25) is 0 Å². The van der Waals surface area contributed by atoms with E-state index in [0.29, 0.717) is 45.4 Å². The number of halogens is 3. The molecule has 1 amide bonds. The van der Waals surface area contributed by atoms with Crippen molar-refractivity contribution in [3.05, 3.63) is 102 Å². The Morgan fingerprint density at radius 2 is 1.73 bits per heavy atom. The number of carbonyl (C=O) groups excluding carboxylic acids is 1. The maximum atomic E-state index is 13.2. The fraction of sp³-hybridized carbons (Fsp3) is 0.133. The largest absolute Gasteiger partial charge is 0.455 e. The first kappa shape index (κ1) is 27.4. The van der Waals surface area contributed by atoms with Gasteiger partial charge in [-0.1, -0.05) is 19.9 Å². The topological polar surface area (TPSA) is 115 Å². The first-order chi connectivity index (χ1) is 19.6. The van der Waals surface area contributed by atoms with Crippen molar-refractivity contribution in [3.63, 3.8) is 0 Å². The number of hydrogen-bond donors (Lipinski definition) is 3. The molecule has 208 valence electrons. The van der Waals surface area contributed by atoms with E-state index in [1.165, 1.54) is 18.5 Å². The zero-order chi connectivity index (χ0) is 29.1. The smallest absolute Gasteiger partial charge is 0.416 e. The fourth-order valence-corrected chi connectivity index (χ4v) is 4.00. The minimum atomic E-state index is -4.57. The molecular formula is C30H25F3N6O2. The Morgan fingerprint density at radius 1 is 0.951 bits per heavy atom. The first-order valence-corrected chi connectivity index (χ1v) is 12.6. The number of ether oxygens (including phenoxy) is 1. The summed E-state index contributed by atoms with van der Waals surface area (Å²) in [6.07, 6.45) is -3.18. The molecule has 0 atom stereocenters. The summed E-state index contributed by atoms with van der Waals surface area (Å²) >= 11 is 0. The van der Waals surface area contributed by atoms with Crippen LogP contribution in [0.15, 0.2) is 85.2 Å². The van der Waals surface area contributed by atoms with Crippen molar-refractivity contribution in [1.29, 1.82) is 0 Å². The van der Waals surface area contributed by atoms with Crippen LogP contribution in [0.1, 0.15) is 41.4 Å². The average molecular weight is 559 g/mol. The highest BCUT2D eigenvalue weighted by Gasteiger charge is 2.31. The van der Waals surface area contributed by atoms with Gasteiger partial charge in [0.25, 0.3) is 5.91 Å². The van der Waals surface area contributed by atoms with Gasteiger partial charge in [-0.3, -0.25) is 4.79 Å². The number of nitrogens with zero attached hydrogens (tertiary/aromatic N) is 3. The molecule has 0 saturated heterocycles. The van der Waals surface area contributed by atoms with E-state index in [1.807, 2.05) is 26.0 Å². The number of nitrogens with one attached hydrogen (secondary N) is 2. The summed E-state index contributed by atoms with van der Waals surface area (Å²) in [5, 5.41) is 6.55. The lowest BCUT2D eigenvalue weighted by Gasteiger charge is -2.16. The third-order valence-corrected chi connectivity index (χ3v) is 6.16.